The van der Waals surface area contributed by atoms with Gasteiger partial charge in [0.1, 0.15) is 11.6 Å². The molecule has 2 fully saturated rings. The molecule has 0 bridgehead atoms. The molecule has 0 saturated carbocycles. The quantitative estimate of drug-likeness (QED) is 0.809. The van der Waals surface area contributed by atoms with E-state index in [2.05, 4.69) is 9.88 Å². The third kappa shape index (κ3) is 4.33. The molecule has 5 heteroatoms. The number of ether oxygens (including phenoxy) is 1. The molecule has 26 heavy (non-hydrogen) atoms. The van der Waals surface area contributed by atoms with Crippen molar-refractivity contribution in [3.63, 3.8) is 0 Å². The van der Waals surface area contributed by atoms with E-state index in [1.165, 1.54) is 25.3 Å². The monoisotopic (exact) mass is 358 g/mol. The van der Waals surface area contributed by atoms with Crippen molar-refractivity contribution in [2.45, 2.75) is 38.0 Å². The highest BCUT2D eigenvalue weighted by molar-refractivity contribution is 5.21. The van der Waals surface area contributed by atoms with Gasteiger partial charge in [-0.05, 0) is 49.8 Å². The van der Waals surface area contributed by atoms with Gasteiger partial charge >= 0.3 is 0 Å². The first-order valence-corrected chi connectivity index (χ1v) is 9.76. The number of nitrogens with zero attached hydrogens (tertiary/aromatic N) is 2. The maximum Gasteiger partial charge on any atom is 0.198 e. The second kappa shape index (κ2) is 8.31. The van der Waals surface area contributed by atoms with Crippen molar-refractivity contribution >= 4 is 0 Å². The number of aromatic nitrogens is 1. The van der Waals surface area contributed by atoms with Gasteiger partial charge in [-0.3, -0.25) is 0 Å². The van der Waals surface area contributed by atoms with E-state index >= 15 is 0 Å². The van der Waals surface area contributed by atoms with Crippen LogP contribution in [0, 0.1) is 11.7 Å². The molecule has 0 radical (unpaired) electrons. The van der Waals surface area contributed by atoms with Crippen LogP contribution in [0.3, 0.4) is 0 Å². The van der Waals surface area contributed by atoms with Crippen LogP contribution in [-0.4, -0.2) is 42.7 Å². The van der Waals surface area contributed by atoms with Crippen LogP contribution >= 0.6 is 0 Å². The fourth-order valence-electron chi connectivity index (χ4n) is 4.14. The van der Waals surface area contributed by atoms with Crippen molar-refractivity contribution < 1.29 is 13.5 Å². The Morgan fingerprint density at radius 1 is 1.15 bits per heavy atom. The molecule has 140 valence electrons. The Balaban J connectivity index is 1.36. The largest absolute Gasteiger partial charge is 0.445 e. The molecule has 2 aliphatic rings. The van der Waals surface area contributed by atoms with Gasteiger partial charge in [0.05, 0.1) is 6.20 Å². The third-order valence-corrected chi connectivity index (χ3v) is 5.61. The van der Waals surface area contributed by atoms with Crippen molar-refractivity contribution in [3.05, 3.63) is 53.5 Å². The van der Waals surface area contributed by atoms with E-state index in [0.717, 1.165) is 56.8 Å². The zero-order valence-corrected chi connectivity index (χ0v) is 15.2. The van der Waals surface area contributed by atoms with Crippen molar-refractivity contribution in [2.75, 3.05) is 32.8 Å². The predicted molar refractivity (Wildman–Crippen MR) is 97.7 cm³/mol. The molecular weight excluding hydrogens is 331 g/mol. The Bertz CT molecular complexity index is 712. The Morgan fingerprint density at radius 3 is 2.85 bits per heavy atom. The fraction of sp³-hybridized carbons (Fsp3) is 0.571. The Labute approximate surface area is 154 Å². The van der Waals surface area contributed by atoms with E-state index in [9.17, 15) is 4.39 Å². The predicted octanol–water partition coefficient (Wildman–Crippen LogP) is 4.01. The maximum absolute atomic E-state index is 13.8. The summed E-state index contributed by atoms with van der Waals surface area (Å²) >= 11 is 0. The molecule has 3 heterocycles. The molecule has 1 atom stereocenters. The summed E-state index contributed by atoms with van der Waals surface area (Å²) < 4.78 is 25.3. The second-order valence-corrected chi connectivity index (χ2v) is 7.59. The molecule has 0 aliphatic carbocycles. The smallest absolute Gasteiger partial charge is 0.198 e. The first-order valence-electron chi connectivity index (χ1n) is 9.76. The van der Waals surface area contributed by atoms with Crippen LogP contribution < -0.4 is 0 Å². The van der Waals surface area contributed by atoms with Gasteiger partial charge in [-0.15, -0.1) is 0 Å². The van der Waals surface area contributed by atoms with Crippen molar-refractivity contribution in [1.82, 2.24) is 9.88 Å². The average Bonchev–Trinajstić information content (AvgIpc) is 3.13. The zero-order chi connectivity index (χ0) is 17.8. The van der Waals surface area contributed by atoms with Crippen LogP contribution in [0.2, 0.25) is 0 Å². The minimum Gasteiger partial charge on any atom is -0.445 e. The van der Waals surface area contributed by atoms with Gasteiger partial charge in [-0.25, -0.2) is 9.37 Å². The van der Waals surface area contributed by atoms with Crippen LogP contribution in [-0.2, 0) is 11.2 Å². The molecule has 1 aromatic carbocycles. The molecular formula is C21H27FN2O2. The highest BCUT2D eigenvalue weighted by Gasteiger charge is 2.27. The number of piperidine rings is 1. The lowest BCUT2D eigenvalue weighted by atomic mass is 9.94. The number of hydrogen-bond donors (Lipinski definition) is 0. The first kappa shape index (κ1) is 17.7. The van der Waals surface area contributed by atoms with Crippen molar-refractivity contribution in [2.24, 2.45) is 5.92 Å². The van der Waals surface area contributed by atoms with Crippen LogP contribution in [0.5, 0.6) is 0 Å². The van der Waals surface area contributed by atoms with Crippen LogP contribution in [0.15, 0.2) is 34.9 Å². The van der Waals surface area contributed by atoms with Crippen LogP contribution in [0.4, 0.5) is 4.39 Å². The normalized spacial score (nSPS) is 22.6. The Hall–Kier alpha value is -1.72. The summed E-state index contributed by atoms with van der Waals surface area (Å²) in [6.45, 7) is 5.14. The van der Waals surface area contributed by atoms with Gasteiger partial charge < -0.3 is 14.1 Å². The van der Waals surface area contributed by atoms with Gasteiger partial charge in [0.2, 0.25) is 0 Å². The lowest BCUT2D eigenvalue weighted by Gasteiger charge is -2.35. The zero-order valence-electron chi connectivity index (χ0n) is 15.2. The van der Waals surface area contributed by atoms with Crippen LogP contribution in [0.1, 0.15) is 48.8 Å². The highest BCUT2D eigenvalue weighted by atomic mass is 19.1. The van der Waals surface area contributed by atoms with Gasteiger partial charge in [0.15, 0.2) is 5.89 Å². The number of hydrogen-bond acceptors (Lipinski definition) is 4. The minimum atomic E-state index is -0.189. The molecule has 4 rings (SSSR count). The summed E-state index contributed by atoms with van der Waals surface area (Å²) in [5, 5.41) is 0. The minimum absolute atomic E-state index is 0.189. The molecule has 1 unspecified atom stereocenters. The van der Waals surface area contributed by atoms with Crippen molar-refractivity contribution in [3.8, 4) is 0 Å². The third-order valence-electron chi connectivity index (χ3n) is 5.61. The SMILES string of the molecule is Fc1ccccc1Cc1cnc(C2CCCN(CC3CCOCC3)C2)o1. The standard InChI is InChI=1S/C21H27FN2O2/c22-20-6-2-1-4-17(20)12-19-13-23-21(26-19)18-5-3-9-24(15-18)14-16-7-10-25-11-8-16/h1-2,4,6,13,16,18H,3,5,7-12,14-15H2. The van der Waals surface area contributed by atoms with Crippen molar-refractivity contribution in [1.29, 1.82) is 0 Å². The highest BCUT2D eigenvalue weighted by Crippen LogP contribution is 2.29. The Morgan fingerprint density at radius 2 is 2.00 bits per heavy atom. The fourth-order valence-corrected chi connectivity index (χ4v) is 4.14. The summed E-state index contributed by atoms with van der Waals surface area (Å²) in [6, 6.07) is 6.85. The van der Waals surface area contributed by atoms with Gasteiger partial charge in [-0.2, -0.15) is 0 Å². The number of oxazole rings is 1. The van der Waals surface area contributed by atoms with E-state index in [1.54, 1.807) is 18.3 Å². The maximum atomic E-state index is 13.8. The van der Waals surface area contributed by atoms with Crippen LogP contribution in [0.25, 0.3) is 0 Å². The lowest BCUT2D eigenvalue weighted by molar-refractivity contribution is 0.0474. The second-order valence-electron chi connectivity index (χ2n) is 7.59. The molecule has 0 spiro atoms. The lowest BCUT2D eigenvalue weighted by Crippen LogP contribution is -2.39. The number of benzene rings is 1. The van der Waals surface area contributed by atoms with E-state index in [0.29, 0.717) is 17.9 Å². The van der Waals surface area contributed by atoms with E-state index in [1.807, 2.05) is 6.07 Å². The molecule has 2 saturated heterocycles. The summed E-state index contributed by atoms with van der Waals surface area (Å²) in [7, 11) is 0. The van der Waals surface area contributed by atoms with Gasteiger partial charge in [0.25, 0.3) is 0 Å². The molecule has 2 aromatic rings. The van der Waals surface area contributed by atoms with E-state index < -0.39 is 0 Å². The molecule has 1 aromatic heterocycles. The Kier molecular flexibility index (Phi) is 5.65. The molecule has 2 aliphatic heterocycles. The molecule has 0 N–H and O–H groups in total. The number of likely N-dealkylation sites (tertiary alicyclic amines) is 1. The molecule has 4 nitrogen and oxygen atoms in total. The first-order chi connectivity index (χ1) is 12.8. The number of halogens is 1. The summed E-state index contributed by atoms with van der Waals surface area (Å²) in [6.07, 6.45) is 6.86. The van der Waals surface area contributed by atoms with Gasteiger partial charge in [0, 0.05) is 38.6 Å². The topological polar surface area (TPSA) is 38.5 Å². The summed E-state index contributed by atoms with van der Waals surface area (Å²) in [5.74, 6) is 2.46. The van der Waals surface area contributed by atoms with E-state index in [4.69, 9.17) is 9.15 Å². The summed E-state index contributed by atoms with van der Waals surface area (Å²) in [5.41, 5.74) is 0.653. The number of rotatable bonds is 5. The van der Waals surface area contributed by atoms with Gasteiger partial charge in [-0.1, -0.05) is 18.2 Å². The molecule has 0 amide bonds. The van der Waals surface area contributed by atoms with E-state index in [-0.39, 0.29) is 5.82 Å². The summed E-state index contributed by atoms with van der Waals surface area (Å²) in [4.78, 5) is 7.07. The average molecular weight is 358 g/mol.